The fraction of sp³-hybridized carbons (Fsp3) is 0.600. The number of amides is 1. The van der Waals surface area contributed by atoms with E-state index in [1.54, 1.807) is 24.1 Å². The van der Waals surface area contributed by atoms with Crippen LogP contribution in [0.2, 0.25) is 0 Å². The van der Waals surface area contributed by atoms with Crippen LogP contribution in [0.25, 0.3) is 0 Å². The zero-order valence-electron chi connectivity index (χ0n) is 17.0. The molecule has 27 heavy (non-hydrogen) atoms. The number of nitrogens with zero attached hydrogens (tertiary/aromatic N) is 2. The number of piperidine rings is 1. The van der Waals surface area contributed by atoms with Gasteiger partial charge in [-0.3, -0.25) is 4.79 Å². The van der Waals surface area contributed by atoms with Gasteiger partial charge in [-0.1, -0.05) is 15.9 Å². The summed E-state index contributed by atoms with van der Waals surface area (Å²) < 4.78 is 5.99. The van der Waals surface area contributed by atoms with E-state index >= 15 is 0 Å². The highest BCUT2D eigenvalue weighted by Crippen LogP contribution is 2.32. The molecule has 1 aliphatic heterocycles. The van der Waals surface area contributed by atoms with Crippen molar-refractivity contribution >= 4 is 27.8 Å². The number of hydroxylamine groups is 2. The van der Waals surface area contributed by atoms with Gasteiger partial charge in [-0.15, -0.1) is 0 Å². The summed E-state index contributed by atoms with van der Waals surface area (Å²) >= 11 is 3.59. The first-order valence-electron chi connectivity index (χ1n) is 9.07. The number of halogens is 1. The van der Waals surface area contributed by atoms with E-state index in [-0.39, 0.29) is 18.3 Å². The van der Waals surface area contributed by atoms with E-state index in [0.717, 1.165) is 15.6 Å². The van der Waals surface area contributed by atoms with Gasteiger partial charge in [0.05, 0.1) is 20.6 Å². The van der Waals surface area contributed by atoms with Gasteiger partial charge in [-0.05, 0) is 61.9 Å². The van der Waals surface area contributed by atoms with Crippen molar-refractivity contribution in [2.75, 3.05) is 34.4 Å². The van der Waals surface area contributed by atoms with Crippen molar-refractivity contribution in [2.45, 2.75) is 45.6 Å². The van der Waals surface area contributed by atoms with Crippen LogP contribution in [-0.2, 0) is 25.6 Å². The van der Waals surface area contributed by atoms with E-state index < -0.39 is 5.54 Å². The highest BCUT2D eigenvalue weighted by Gasteiger charge is 2.48. The molecule has 0 spiro atoms. The summed E-state index contributed by atoms with van der Waals surface area (Å²) in [6.07, 6.45) is 1.18. The first-order chi connectivity index (χ1) is 12.7. The SMILES string of the molecule is COC(=O)C1(N(C)C(=O)Cc2c(Br)cc(C)c(C)c2C)CCN(OC)CC1. The van der Waals surface area contributed by atoms with Crippen molar-refractivity contribution in [3.05, 3.63) is 32.8 Å². The molecule has 0 saturated carbocycles. The van der Waals surface area contributed by atoms with Crippen molar-refractivity contribution in [3.8, 4) is 0 Å². The third-order valence-electron chi connectivity index (χ3n) is 5.96. The van der Waals surface area contributed by atoms with Crippen LogP contribution in [0.4, 0.5) is 0 Å². The monoisotopic (exact) mass is 440 g/mol. The predicted octanol–water partition coefficient (Wildman–Crippen LogP) is 2.94. The zero-order valence-corrected chi connectivity index (χ0v) is 18.6. The van der Waals surface area contributed by atoms with Gasteiger partial charge in [0.15, 0.2) is 0 Å². The summed E-state index contributed by atoms with van der Waals surface area (Å²) in [5.41, 5.74) is 3.47. The molecule has 0 aromatic heterocycles. The second-order valence-corrected chi connectivity index (χ2v) is 8.02. The lowest BCUT2D eigenvalue weighted by molar-refractivity contribution is -0.183. The highest BCUT2D eigenvalue weighted by atomic mass is 79.9. The van der Waals surface area contributed by atoms with Crippen LogP contribution in [-0.4, -0.2) is 61.7 Å². The second-order valence-electron chi connectivity index (χ2n) is 7.17. The molecule has 1 aliphatic rings. The van der Waals surface area contributed by atoms with Crippen LogP contribution in [0.1, 0.15) is 35.1 Å². The molecule has 0 aliphatic carbocycles. The molecule has 1 aromatic carbocycles. The molecule has 1 saturated heterocycles. The standard InChI is InChI=1S/C20H29BrN2O4/c1-13-11-17(21)16(15(3)14(13)2)12-18(24)22(4)20(19(25)26-5)7-9-23(27-6)10-8-20/h11H,7-10,12H2,1-6H3. The number of aryl methyl sites for hydroxylation is 1. The van der Waals surface area contributed by atoms with Crippen molar-refractivity contribution < 1.29 is 19.2 Å². The average Bonchev–Trinajstić information content (AvgIpc) is 2.68. The van der Waals surface area contributed by atoms with E-state index in [9.17, 15) is 9.59 Å². The maximum Gasteiger partial charge on any atom is 0.331 e. The van der Waals surface area contributed by atoms with Gasteiger partial charge in [-0.2, -0.15) is 5.06 Å². The maximum absolute atomic E-state index is 13.1. The number of rotatable bonds is 5. The average molecular weight is 441 g/mol. The third-order valence-corrected chi connectivity index (χ3v) is 6.66. The Labute approximate surface area is 169 Å². The number of carbonyl (C=O) groups excluding carboxylic acids is 2. The fourth-order valence-corrected chi connectivity index (χ4v) is 4.50. The molecule has 6 nitrogen and oxygen atoms in total. The number of ether oxygens (including phenoxy) is 1. The van der Waals surface area contributed by atoms with E-state index in [4.69, 9.17) is 9.57 Å². The summed E-state index contributed by atoms with van der Waals surface area (Å²) in [6, 6.07) is 2.04. The van der Waals surface area contributed by atoms with E-state index in [0.29, 0.717) is 25.9 Å². The maximum atomic E-state index is 13.1. The summed E-state index contributed by atoms with van der Waals surface area (Å²) in [5, 5.41) is 1.80. The lowest BCUT2D eigenvalue weighted by Gasteiger charge is -2.44. The Bertz CT molecular complexity index is 727. The molecule has 0 atom stereocenters. The summed E-state index contributed by atoms with van der Waals surface area (Å²) in [5.74, 6) is -0.469. The number of hydrogen-bond donors (Lipinski definition) is 0. The quantitative estimate of drug-likeness (QED) is 0.658. The van der Waals surface area contributed by atoms with Crippen LogP contribution in [0.3, 0.4) is 0 Å². The highest BCUT2D eigenvalue weighted by molar-refractivity contribution is 9.10. The number of carbonyl (C=O) groups is 2. The Balaban J connectivity index is 2.29. The van der Waals surface area contributed by atoms with E-state index in [1.165, 1.54) is 18.2 Å². The van der Waals surface area contributed by atoms with Gasteiger partial charge < -0.3 is 14.5 Å². The normalized spacial score (nSPS) is 16.9. The number of likely N-dealkylation sites (N-methyl/N-ethyl adjacent to an activating group) is 1. The Morgan fingerprint density at radius 3 is 2.30 bits per heavy atom. The van der Waals surface area contributed by atoms with Gasteiger partial charge in [0.1, 0.15) is 5.54 Å². The van der Waals surface area contributed by atoms with E-state index in [2.05, 4.69) is 29.8 Å². The minimum atomic E-state index is -0.957. The number of esters is 1. The Hall–Kier alpha value is -1.44. The largest absolute Gasteiger partial charge is 0.467 e. The molecular formula is C20H29BrN2O4. The number of hydrogen-bond acceptors (Lipinski definition) is 5. The van der Waals surface area contributed by atoms with Gasteiger partial charge >= 0.3 is 5.97 Å². The molecule has 1 amide bonds. The Morgan fingerprint density at radius 1 is 1.19 bits per heavy atom. The van der Waals surface area contributed by atoms with Crippen molar-refractivity contribution in [2.24, 2.45) is 0 Å². The van der Waals surface area contributed by atoms with Crippen molar-refractivity contribution in [1.29, 1.82) is 0 Å². The van der Waals surface area contributed by atoms with Gasteiger partial charge in [0, 0.05) is 24.6 Å². The smallest absolute Gasteiger partial charge is 0.331 e. The molecule has 0 bridgehead atoms. The fourth-order valence-electron chi connectivity index (χ4n) is 3.72. The molecule has 0 unspecified atom stereocenters. The molecule has 0 radical (unpaired) electrons. The Morgan fingerprint density at radius 2 is 1.78 bits per heavy atom. The minimum absolute atomic E-state index is 0.0988. The van der Waals surface area contributed by atoms with Crippen molar-refractivity contribution in [1.82, 2.24) is 9.96 Å². The van der Waals surface area contributed by atoms with Crippen LogP contribution in [0.15, 0.2) is 10.5 Å². The molecule has 7 heteroatoms. The minimum Gasteiger partial charge on any atom is -0.467 e. The van der Waals surface area contributed by atoms with Gasteiger partial charge in [0.25, 0.3) is 0 Å². The Kier molecular flexibility index (Phi) is 7.05. The second kappa shape index (κ2) is 8.71. The lowest BCUT2D eigenvalue weighted by atomic mass is 9.85. The van der Waals surface area contributed by atoms with Crippen LogP contribution in [0.5, 0.6) is 0 Å². The topological polar surface area (TPSA) is 59.1 Å². The van der Waals surface area contributed by atoms with Crippen molar-refractivity contribution in [3.63, 3.8) is 0 Å². The predicted molar refractivity (Wildman–Crippen MR) is 107 cm³/mol. The molecule has 0 N–H and O–H groups in total. The van der Waals surface area contributed by atoms with Gasteiger partial charge in [0.2, 0.25) is 5.91 Å². The molecule has 2 rings (SSSR count). The lowest BCUT2D eigenvalue weighted by Crippen LogP contribution is -2.61. The molecular weight excluding hydrogens is 412 g/mol. The molecule has 1 heterocycles. The first-order valence-corrected chi connectivity index (χ1v) is 9.86. The molecule has 1 aromatic rings. The number of methoxy groups -OCH3 is 1. The third kappa shape index (κ3) is 4.20. The summed E-state index contributed by atoms with van der Waals surface area (Å²) in [7, 11) is 4.68. The molecule has 150 valence electrons. The van der Waals surface area contributed by atoms with Crippen LogP contribution >= 0.6 is 15.9 Å². The van der Waals surface area contributed by atoms with E-state index in [1.807, 2.05) is 13.0 Å². The summed E-state index contributed by atoms with van der Waals surface area (Å²) in [4.78, 5) is 32.6. The summed E-state index contributed by atoms with van der Waals surface area (Å²) in [6.45, 7) is 7.28. The van der Waals surface area contributed by atoms with Crippen LogP contribution in [0, 0.1) is 20.8 Å². The zero-order chi connectivity index (χ0) is 20.4. The molecule has 1 fully saturated rings. The van der Waals surface area contributed by atoms with Crippen LogP contribution < -0.4 is 0 Å². The van der Waals surface area contributed by atoms with Gasteiger partial charge in [-0.25, -0.2) is 4.79 Å². The number of benzene rings is 1. The first kappa shape index (κ1) is 21.9.